The highest BCUT2D eigenvalue weighted by Crippen LogP contribution is 2.30. The van der Waals surface area contributed by atoms with Crippen molar-refractivity contribution < 1.29 is 9.53 Å². The van der Waals surface area contributed by atoms with Gasteiger partial charge in [0.1, 0.15) is 0 Å². The summed E-state index contributed by atoms with van der Waals surface area (Å²) in [7, 11) is 0. The maximum Gasteiger partial charge on any atom is 0.331 e. The van der Waals surface area contributed by atoms with Crippen LogP contribution in [0.3, 0.4) is 0 Å². The fourth-order valence-electron chi connectivity index (χ4n) is 2.55. The first-order chi connectivity index (χ1) is 11.0. The normalized spacial score (nSPS) is 13.0. The highest BCUT2D eigenvalue weighted by molar-refractivity contribution is 5.87. The second-order valence-corrected chi connectivity index (χ2v) is 5.77. The van der Waals surface area contributed by atoms with Gasteiger partial charge in [-0.3, -0.25) is 0 Å². The summed E-state index contributed by atoms with van der Waals surface area (Å²) in [5.41, 5.74) is 2.51. The van der Waals surface area contributed by atoms with Gasteiger partial charge >= 0.3 is 5.97 Å². The molecule has 2 rings (SSSR count). The van der Waals surface area contributed by atoms with Gasteiger partial charge in [-0.25, -0.2) is 4.79 Å². The summed E-state index contributed by atoms with van der Waals surface area (Å²) in [6.07, 6.45) is 0.297. The summed E-state index contributed by atoms with van der Waals surface area (Å²) in [6, 6.07) is 17.6. The van der Waals surface area contributed by atoms with Crippen LogP contribution in [0, 0.1) is 25.2 Å². The van der Waals surface area contributed by atoms with Crippen LogP contribution in [0.25, 0.3) is 0 Å². The van der Waals surface area contributed by atoms with E-state index < -0.39 is 11.4 Å². The standard InChI is InChI=1S/C20H21NO2/c1-4-23-19(22)20(14-21,18-11-7-16(3)8-12-18)13-17-9-5-15(2)6-10-17/h5-12H,4,13H2,1-3H3. The Morgan fingerprint density at radius 3 is 2.04 bits per heavy atom. The molecule has 0 radical (unpaired) electrons. The van der Waals surface area contributed by atoms with Gasteiger partial charge in [-0.15, -0.1) is 0 Å². The number of benzene rings is 2. The second-order valence-electron chi connectivity index (χ2n) is 5.77. The van der Waals surface area contributed by atoms with Crippen molar-refractivity contribution in [2.45, 2.75) is 32.6 Å². The van der Waals surface area contributed by atoms with Crippen molar-refractivity contribution in [1.29, 1.82) is 5.26 Å². The van der Waals surface area contributed by atoms with E-state index >= 15 is 0 Å². The Morgan fingerprint density at radius 2 is 1.57 bits per heavy atom. The number of hydrogen-bond donors (Lipinski definition) is 0. The van der Waals surface area contributed by atoms with Crippen molar-refractivity contribution >= 4 is 5.97 Å². The molecule has 0 spiro atoms. The number of hydrogen-bond acceptors (Lipinski definition) is 3. The van der Waals surface area contributed by atoms with Gasteiger partial charge < -0.3 is 4.74 Å². The van der Waals surface area contributed by atoms with E-state index in [1.54, 1.807) is 6.92 Å². The lowest BCUT2D eigenvalue weighted by atomic mass is 9.76. The summed E-state index contributed by atoms with van der Waals surface area (Å²) in [5, 5.41) is 9.86. The summed E-state index contributed by atoms with van der Waals surface area (Å²) in [6.45, 7) is 5.98. The van der Waals surface area contributed by atoms with E-state index in [-0.39, 0.29) is 6.61 Å². The number of nitrogens with zero attached hydrogens (tertiary/aromatic N) is 1. The van der Waals surface area contributed by atoms with E-state index in [1.807, 2.05) is 62.4 Å². The molecular formula is C20H21NO2. The average molecular weight is 307 g/mol. The maximum absolute atomic E-state index is 12.6. The van der Waals surface area contributed by atoms with Crippen molar-refractivity contribution in [2.75, 3.05) is 6.61 Å². The third-order valence-corrected chi connectivity index (χ3v) is 3.95. The third-order valence-electron chi connectivity index (χ3n) is 3.95. The number of carbonyl (C=O) groups is 1. The monoisotopic (exact) mass is 307 g/mol. The van der Waals surface area contributed by atoms with E-state index in [0.29, 0.717) is 12.0 Å². The number of carbonyl (C=O) groups excluding carboxylic acids is 1. The van der Waals surface area contributed by atoms with Crippen LogP contribution in [-0.4, -0.2) is 12.6 Å². The maximum atomic E-state index is 12.6. The van der Waals surface area contributed by atoms with Gasteiger partial charge in [0.2, 0.25) is 0 Å². The molecule has 23 heavy (non-hydrogen) atoms. The fourth-order valence-corrected chi connectivity index (χ4v) is 2.55. The number of rotatable bonds is 5. The first-order valence-electron chi connectivity index (χ1n) is 7.73. The minimum Gasteiger partial charge on any atom is -0.465 e. The molecule has 0 fully saturated rings. The fraction of sp³-hybridized carbons (Fsp3) is 0.300. The van der Waals surface area contributed by atoms with Crippen LogP contribution in [0.5, 0.6) is 0 Å². The molecule has 0 bridgehead atoms. The molecule has 3 heteroatoms. The minimum absolute atomic E-state index is 0.252. The predicted molar refractivity (Wildman–Crippen MR) is 90.0 cm³/mol. The largest absolute Gasteiger partial charge is 0.465 e. The van der Waals surface area contributed by atoms with Crippen LogP contribution in [0.15, 0.2) is 48.5 Å². The average Bonchev–Trinajstić information content (AvgIpc) is 2.55. The molecule has 2 aromatic carbocycles. The molecule has 0 aromatic heterocycles. The lowest BCUT2D eigenvalue weighted by Gasteiger charge is -2.25. The Morgan fingerprint density at radius 1 is 1.04 bits per heavy atom. The molecule has 0 amide bonds. The van der Waals surface area contributed by atoms with Crippen molar-refractivity contribution in [2.24, 2.45) is 0 Å². The highest BCUT2D eigenvalue weighted by atomic mass is 16.5. The zero-order valence-corrected chi connectivity index (χ0v) is 13.8. The summed E-state index contributed by atoms with van der Waals surface area (Å²) in [5.74, 6) is -0.494. The van der Waals surface area contributed by atoms with Gasteiger partial charge in [-0.2, -0.15) is 5.26 Å². The third kappa shape index (κ3) is 3.60. The molecule has 0 heterocycles. The lowest BCUT2D eigenvalue weighted by Crippen LogP contribution is -2.38. The highest BCUT2D eigenvalue weighted by Gasteiger charge is 2.42. The topological polar surface area (TPSA) is 50.1 Å². The smallest absolute Gasteiger partial charge is 0.331 e. The van der Waals surface area contributed by atoms with Crippen LogP contribution < -0.4 is 0 Å². The summed E-state index contributed by atoms with van der Waals surface area (Å²) in [4.78, 5) is 12.6. The molecule has 0 saturated heterocycles. The van der Waals surface area contributed by atoms with Crippen LogP contribution in [0.4, 0.5) is 0 Å². The quantitative estimate of drug-likeness (QED) is 0.788. The van der Waals surface area contributed by atoms with E-state index in [0.717, 1.165) is 16.7 Å². The summed E-state index contributed by atoms with van der Waals surface area (Å²) < 4.78 is 5.22. The Labute approximate surface area is 137 Å². The van der Waals surface area contributed by atoms with E-state index in [1.165, 1.54) is 0 Å². The van der Waals surface area contributed by atoms with Crippen LogP contribution >= 0.6 is 0 Å². The van der Waals surface area contributed by atoms with Crippen molar-refractivity contribution in [1.82, 2.24) is 0 Å². The molecule has 1 atom stereocenters. The second kappa shape index (κ2) is 7.11. The SMILES string of the molecule is CCOC(=O)C(C#N)(Cc1ccc(C)cc1)c1ccc(C)cc1. The Balaban J connectivity index is 2.49. The molecule has 0 aliphatic rings. The minimum atomic E-state index is -1.32. The van der Waals surface area contributed by atoms with E-state index in [2.05, 4.69) is 6.07 Å². The van der Waals surface area contributed by atoms with Gasteiger partial charge in [-0.1, -0.05) is 59.7 Å². The first kappa shape index (κ1) is 16.8. The number of nitriles is 1. The van der Waals surface area contributed by atoms with Crippen molar-refractivity contribution in [3.63, 3.8) is 0 Å². The predicted octanol–water partition coefficient (Wildman–Crippen LogP) is 3.87. The number of aryl methyl sites for hydroxylation is 2. The Hall–Kier alpha value is -2.60. The first-order valence-corrected chi connectivity index (χ1v) is 7.73. The zero-order chi connectivity index (χ0) is 16.9. The van der Waals surface area contributed by atoms with E-state index in [4.69, 9.17) is 4.74 Å². The van der Waals surface area contributed by atoms with Gasteiger partial charge in [0.25, 0.3) is 0 Å². The lowest BCUT2D eigenvalue weighted by molar-refractivity contribution is -0.147. The molecule has 2 aromatic rings. The van der Waals surface area contributed by atoms with E-state index in [9.17, 15) is 10.1 Å². The number of esters is 1. The molecular weight excluding hydrogens is 286 g/mol. The van der Waals surface area contributed by atoms with Crippen LogP contribution in [0.2, 0.25) is 0 Å². The Bertz CT molecular complexity index is 711. The molecule has 0 saturated carbocycles. The van der Waals surface area contributed by atoms with Gasteiger partial charge in [0.05, 0.1) is 12.7 Å². The van der Waals surface area contributed by atoms with Crippen molar-refractivity contribution in [3.8, 4) is 6.07 Å². The molecule has 0 aliphatic heterocycles. The van der Waals surface area contributed by atoms with Crippen LogP contribution in [0.1, 0.15) is 29.2 Å². The van der Waals surface area contributed by atoms with Crippen molar-refractivity contribution in [3.05, 3.63) is 70.8 Å². The molecule has 118 valence electrons. The van der Waals surface area contributed by atoms with Gasteiger partial charge in [0.15, 0.2) is 5.41 Å². The van der Waals surface area contributed by atoms with Gasteiger partial charge in [-0.05, 0) is 31.9 Å². The zero-order valence-electron chi connectivity index (χ0n) is 13.8. The summed E-state index contributed by atoms with van der Waals surface area (Å²) >= 11 is 0. The molecule has 3 nitrogen and oxygen atoms in total. The number of ether oxygens (including phenoxy) is 1. The van der Waals surface area contributed by atoms with Crippen LogP contribution in [-0.2, 0) is 21.4 Å². The Kier molecular flexibility index (Phi) is 5.18. The molecule has 0 aliphatic carbocycles. The molecule has 0 N–H and O–H groups in total. The molecule has 1 unspecified atom stereocenters. The van der Waals surface area contributed by atoms with Gasteiger partial charge in [0, 0.05) is 6.42 Å².